The maximum Gasteiger partial charge on any atom is 0.335 e. The van der Waals surface area contributed by atoms with Gasteiger partial charge in [0.2, 0.25) is 11.8 Å². The van der Waals surface area contributed by atoms with E-state index < -0.39 is 12.3 Å². The fourth-order valence-corrected chi connectivity index (χ4v) is 7.36. The fourth-order valence-electron chi connectivity index (χ4n) is 7.36. The van der Waals surface area contributed by atoms with Crippen molar-refractivity contribution >= 4 is 5.97 Å². The number of benzene rings is 2. The lowest BCUT2D eigenvalue weighted by Gasteiger charge is -2.57. The summed E-state index contributed by atoms with van der Waals surface area (Å²) in [5.74, 6) is 3.05. The van der Waals surface area contributed by atoms with E-state index in [4.69, 9.17) is 23.7 Å². The van der Waals surface area contributed by atoms with Gasteiger partial charge in [0.1, 0.15) is 18.3 Å². The van der Waals surface area contributed by atoms with Gasteiger partial charge in [-0.3, -0.25) is 0 Å². The number of carboxylic acids is 1. The van der Waals surface area contributed by atoms with Crippen LogP contribution in [0.3, 0.4) is 0 Å². The Balaban J connectivity index is 1.22. The van der Waals surface area contributed by atoms with Gasteiger partial charge >= 0.3 is 5.97 Å². The number of carboxylic acid groups (broad SMARTS) is 1. The lowest BCUT2D eigenvalue weighted by Crippen LogP contribution is -2.48. The summed E-state index contributed by atoms with van der Waals surface area (Å²) >= 11 is 0. The van der Waals surface area contributed by atoms with Crippen LogP contribution in [0.15, 0.2) is 59.4 Å². The normalized spacial score (nSPS) is 27.7. The summed E-state index contributed by atoms with van der Waals surface area (Å²) < 4.78 is 23.2. The average molecular weight is 501 g/mol. The highest BCUT2D eigenvalue weighted by Gasteiger charge is 2.52. The minimum atomic E-state index is -0.973. The lowest BCUT2D eigenvalue weighted by atomic mass is 9.48. The predicted octanol–water partition coefficient (Wildman–Crippen LogP) is 5.79. The van der Waals surface area contributed by atoms with E-state index in [0.29, 0.717) is 24.0 Å². The number of hydrogen-bond donors (Lipinski definition) is 1. The zero-order chi connectivity index (χ0) is 25.0. The van der Waals surface area contributed by atoms with Crippen molar-refractivity contribution in [3.8, 4) is 28.7 Å². The fraction of sp³-hybridized carbons (Fsp3) is 0.414. The number of nitrogens with zero attached hydrogens (tertiary/aromatic N) is 2. The van der Waals surface area contributed by atoms with Crippen molar-refractivity contribution in [1.82, 2.24) is 10.2 Å². The van der Waals surface area contributed by atoms with Crippen LogP contribution < -0.4 is 4.74 Å². The summed E-state index contributed by atoms with van der Waals surface area (Å²) in [5.41, 5.74) is 3.07. The minimum Gasteiger partial charge on any atom is -0.485 e. The topological polar surface area (TPSA) is 104 Å². The van der Waals surface area contributed by atoms with Gasteiger partial charge in [-0.05, 0) is 104 Å². The first-order chi connectivity index (χ1) is 18.0. The Bertz CT molecular complexity index is 1320. The van der Waals surface area contributed by atoms with E-state index in [9.17, 15) is 4.79 Å². The molecule has 4 fully saturated rings. The highest BCUT2D eigenvalue weighted by molar-refractivity contribution is 5.88. The van der Waals surface area contributed by atoms with E-state index in [1.54, 1.807) is 24.7 Å². The molecular weight excluding hydrogens is 472 g/mol. The summed E-state index contributed by atoms with van der Waals surface area (Å²) in [5, 5.41) is 17.7. The van der Waals surface area contributed by atoms with Gasteiger partial charge in [0.05, 0.1) is 5.56 Å². The minimum absolute atomic E-state index is 0.102. The Morgan fingerprint density at radius 1 is 0.892 bits per heavy atom. The maximum absolute atomic E-state index is 11.2. The molecule has 8 rings (SSSR count). The highest BCUT2D eigenvalue weighted by Crippen LogP contribution is 2.62. The second kappa shape index (κ2) is 8.64. The second-order valence-electron chi connectivity index (χ2n) is 11.0. The zero-order valence-electron chi connectivity index (χ0n) is 20.3. The third-order valence-electron chi connectivity index (χ3n) is 8.53. The van der Waals surface area contributed by atoms with Crippen LogP contribution in [0.2, 0.25) is 0 Å². The summed E-state index contributed by atoms with van der Waals surface area (Å²) in [6.07, 6.45) is 10.3. The molecule has 2 heterocycles. The predicted molar refractivity (Wildman–Crippen MR) is 133 cm³/mol. The third-order valence-corrected chi connectivity index (χ3v) is 8.53. The SMILES string of the molecule is O=C(O)c1ccc(-c2nnc(-c3ccc(OCC4OC=CO4)c(C45CC6CC(CC(C6)C4)C5)c3)o2)cc1. The standard InChI is InChI=1S/C29H28N2O6/c32-28(33)21-3-1-20(2-4-21)26-30-31-27(37-26)22-5-6-24(36-16-25-34-7-8-35-25)23(12-22)29-13-17-9-18(14-29)11-19(10-17)15-29/h1-8,12,17-19,25H,9-11,13-16H2,(H,32,33). The van der Waals surface area contributed by atoms with E-state index in [1.807, 2.05) is 12.1 Å². The van der Waals surface area contributed by atoms with Crippen molar-refractivity contribution in [2.24, 2.45) is 17.8 Å². The van der Waals surface area contributed by atoms with Gasteiger partial charge in [-0.2, -0.15) is 0 Å². The number of rotatable bonds is 7. The first-order valence-electron chi connectivity index (χ1n) is 13.0. The van der Waals surface area contributed by atoms with Crippen molar-refractivity contribution < 1.29 is 28.5 Å². The lowest BCUT2D eigenvalue weighted by molar-refractivity contribution is -0.0534. The molecule has 4 saturated carbocycles. The van der Waals surface area contributed by atoms with Gasteiger partial charge < -0.3 is 23.7 Å². The first kappa shape index (κ1) is 22.4. The van der Waals surface area contributed by atoms with E-state index in [-0.39, 0.29) is 11.0 Å². The molecule has 3 aromatic rings. The van der Waals surface area contributed by atoms with Crippen molar-refractivity contribution in [3.63, 3.8) is 0 Å². The highest BCUT2D eigenvalue weighted by atomic mass is 16.7. The van der Waals surface area contributed by atoms with Crippen LogP contribution in [0.4, 0.5) is 0 Å². The molecule has 0 radical (unpaired) electrons. The van der Waals surface area contributed by atoms with Crippen molar-refractivity contribution in [2.75, 3.05) is 6.61 Å². The number of ether oxygens (including phenoxy) is 3. The van der Waals surface area contributed by atoms with Crippen LogP contribution in [-0.2, 0) is 14.9 Å². The van der Waals surface area contributed by atoms with Crippen LogP contribution >= 0.6 is 0 Å². The van der Waals surface area contributed by atoms with Gasteiger partial charge in [-0.15, -0.1) is 10.2 Å². The average Bonchev–Trinajstić information content (AvgIpc) is 3.59. The van der Waals surface area contributed by atoms with Crippen molar-refractivity contribution in [3.05, 3.63) is 66.1 Å². The molecule has 1 N–H and O–H groups in total. The summed E-state index contributed by atoms with van der Waals surface area (Å²) in [6, 6.07) is 12.6. The Morgan fingerprint density at radius 3 is 2.11 bits per heavy atom. The van der Waals surface area contributed by atoms with Gasteiger partial charge in [0.25, 0.3) is 6.29 Å². The van der Waals surface area contributed by atoms with Crippen molar-refractivity contribution in [2.45, 2.75) is 50.2 Å². The summed E-state index contributed by atoms with van der Waals surface area (Å²) in [4.78, 5) is 11.2. The second-order valence-corrected chi connectivity index (χ2v) is 11.0. The largest absolute Gasteiger partial charge is 0.485 e. The maximum atomic E-state index is 11.2. The molecule has 37 heavy (non-hydrogen) atoms. The molecule has 2 aromatic carbocycles. The molecule has 190 valence electrons. The van der Waals surface area contributed by atoms with Gasteiger partial charge in [0.15, 0.2) is 6.61 Å². The molecule has 8 nitrogen and oxygen atoms in total. The third kappa shape index (κ3) is 4.04. The quantitative estimate of drug-likeness (QED) is 0.435. The van der Waals surface area contributed by atoms with Crippen LogP contribution in [0.5, 0.6) is 5.75 Å². The molecule has 0 unspecified atom stereocenters. The summed E-state index contributed by atoms with van der Waals surface area (Å²) in [7, 11) is 0. The Labute approximate surface area is 214 Å². The first-order valence-corrected chi connectivity index (χ1v) is 13.0. The van der Waals surface area contributed by atoms with E-state index in [1.165, 1.54) is 56.2 Å². The van der Waals surface area contributed by atoms with Crippen LogP contribution in [0, 0.1) is 17.8 Å². The smallest absolute Gasteiger partial charge is 0.335 e. The van der Waals surface area contributed by atoms with Gasteiger partial charge in [0, 0.05) is 16.7 Å². The molecule has 4 aliphatic carbocycles. The van der Waals surface area contributed by atoms with Gasteiger partial charge in [-0.25, -0.2) is 4.79 Å². The Kier molecular flexibility index (Phi) is 5.23. The Morgan fingerprint density at radius 2 is 1.49 bits per heavy atom. The molecule has 1 aromatic heterocycles. The van der Waals surface area contributed by atoms with Crippen molar-refractivity contribution in [1.29, 1.82) is 0 Å². The van der Waals surface area contributed by atoms with Crippen LogP contribution in [0.25, 0.3) is 22.9 Å². The summed E-state index contributed by atoms with van der Waals surface area (Å²) in [6.45, 7) is 0.308. The molecule has 5 aliphatic rings. The molecule has 0 atom stereocenters. The molecule has 8 heteroatoms. The Hall–Kier alpha value is -3.81. The molecule has 0 spiro atoms. The number of hydrogen-bond acceptors (Lipinski definition) is 7. The van der Waals surface area contributed by atoms with Gasteiger partial charge in [-0.1, -0.05) is 0 Å². The molecule has 0 amide bonds. The van der Waals surface area contributed by atoms with E-state index >= 15 is 0 Å². The number of aromatic carboxylic acids is 1. The molecular formula is C29H28N2O6. The van der Waals surface area contributed by atoms with E-state index in [2.05, 4.69) is 16.3 Å². The zero-order valence-corrected chi connectivity index (χ0v) is 20.3. The van der Waals surface area contributed by atoms with Crippen LogP contribution in [-0.4, -0.2) is 34.2 Å². The van der Waals surface area contributed by atoms with E-state index in [0.717, 1.165) is 29.1 Å². The monoisotopic (exact) mass is 500 g/mol. The molecule has 0 saturated heterocycles. The molecule has 1 aliphatic heterocycles. The molecule has 4 bridgehead atoms. The number of aromatic nitrogens is 2. The number of carbonyl (C=O) groups is 1. The van der Waals surface area contributed by atoms with Crippen LogP contribution in [0.1, 0.15) is 54.4 Å².